The molecule has 0 amide bonds. The van der Waals surface area contributed by atoms with E-state index in [0.717, 1.165) is 89.2 Å². The highest BCUT2D eigenvalue weighted by atomic mass is 32.1. The highest BCUT2D eigenvalue weighted by molar-refractivity contribution is 7.27. The van der Waals surface area contributed by atoms with Crippen LogP contribution in [0.15, 0.2) is 328 Å². The molecule has 0 spiro atoms. The van der Waals surface area contributed by atoms with Crippen LogP contribution in [0.25, 0.3) is 197 Å². The lowest BCUT2D eigenvalue weighted by Crippen LogP contribution is -2.01. The Labute approximate surface area is 582 Å². The lowest BCUT2D eigenvalue weighted by atomic mass is 9.99. The molecule has 0 N–H and O–H groups in total. The Morgan fingerprint density at radius 1 is 0.210 bits per heavy atom. The van der Waals surface area contributed by atoms with Gasteiger partial charge in [0.15, 0.2) is 34.9 Å². The zero-order valence-corrected chi connectivity index (χ0v) is 55.2. The molecular formula is C90H54N8S2. The number of nitrogens with zero attached hydrogens (tertiary/aromatic N) is 8. The molecule has 0 saturated heterocycles. The van der Waals surface area contributed by atoms with Gasteiger partial charge in [0.05, 0.1) is 27.8 Å². The van der Waals surface area contributed by atoms with Crippen LogP contribution in [-0.4, -0.2) is 39.0 Å². The van der Waals surface area contributed by atoms with Gasteiger partial charge < -0.3 is 9.13 Å². The number of aromatic nitrogens is 8. The Hall–Kier alpha value is -12.9. The Balaban J connectivity index is 0.649. The van der Waals surface area contributed by atoms with Crippen LogP contribution < -0.4 is 0 Å². The summed E-state index contributed by atoms with van der Waals surface area (Å²) in [5, 5.41) is 10.0. The van der Waals surface area contributed by atoms with Gasteiger partial charge in [-0.15, -0.1) is 22.7 Å². The van der Waals surface area contributed by atoms with Crippen LogP contribution in [0, 0.1) is 0 Å². The molecule has 8 nitrogen and oxygen atoms in total. The largest absolute Gasteiger partial charge is 0.309 e. The van der Waals surface area contributed by atoms with Gasteiger partial charge in [0, 0.05) is 107 Å². The third-order valence-corrected chi connectivity index (χ3v) is 21.8. The van der Waals surface area contributed by atoms with E-state index in [4.69, 9.17) is 29.9 Å². The van der Waals surface area contributed by atoms with Crippen molar-refractivity contribution in [3.05, 3.63) is 328 Å². The van der Waals surface area contributed by atoms with Crippen molar-refractivity contribution in [2.24, 2.45) is 0 Å². The highest BCUT2D eigenvalue weighted by Crippen LogP contribution is 2.47. The molecule has 0 bridgehead atoms. The van der Waals surface area contributed by atoms with Crippen LogP contribution >= 0.6 is 22.7 Å². The fraction of sp³-hybridized carbons (Fsp3) is 0. The normalized spacial score (nSPS) is 11.8. The molecule has 0 saturated carbocycles. The Morgan fingerprint density at radius 3 is 1.15 bits per heavy atom. The second-order valence-corrected chi connectivity index (χ2v) is 27.4. The minimum absolute atomic E-state index is 0.599. The lowest BCUT2D eigenvalue weighted by Gasteiger charge is -2.15. The van der Waals surface area contributed by atoms with Crippen LogP contribution in [0.1, 0.15) is 0 Å². The van der Waals surface area contributed by atoms with Crippen molar-refractivity contribution < 1.29 is 0 Å². The molecule has 6 heterocycles. The molecule has 0 aliphatic carbocycles. The number of benzene rings is 14. The van der Waals surface area contributed by atoms with E-state index in [1.165, 1.54) is 72.9 Å². The van der Waals surface area contributed by atoms with Gasteiger partial charge in [-0.1, -0.05) is 249 Å². The van der Waals surface area contributed by atoms with E-state index < -0.39 is 0 Å². The monoisotopic (exact) mass is 1310 g/mol. The first-order valence-corrected chi connectivity index (χ1v) is 35.1. The molecule has 14 aromatic carbocycles. The van der Waals surface area contributed by atoms with E-state index in [0.29, 0.717) is 34.9 Å². The SMILES string of the molecule is c1ccc(-c2nc(-c3ccccc3)nc(-c3cccc(-c4cccc(-n5c6ccccc6c6c7sc8ccc(-c9cccc(-c%10nc(-c%11ccccc%11)nc(-c%11cccc(-c%12ccccc%12-n%12c%13ccccc%13c%13c%14sc%15ccccc%15c%14ccc%13%12)c%11)n%10)c9)cc8c7ccc65)c4)c3)n2)cc1. The summed E-state index contributed by atoms with van der Waals surface area (Å²) >= 11 is 3.74. The fourth-order valence-electron chi connectivity index (χ4n) is 14.8. The van der Waals surface area contributed by atoms with Crippen LogP contribution in [0.5, 0.6) is 0 Å². The van der Waals surface area contributed by atoms with E-state index in [1.54, 1.807) is 0 Å². The van der Waals surface area contributed by atoms with E-state index in [-0.39, 0.29) is 0 Å². The molecule has 100 heavy (non-hydrogen) atoms. The van der Waals surface area contributed by atoms with Gasteiger partial charge in [-0.3, -0.25) is 0 Å². The Kier molecular flexibility index (Phi) is 13.5. The summed E-state index contributed by atoms with van der Waals surface area (Å²) in [5.41, 5.74) is 18.8. The molecule has 466 valence electrons. The number of thiophene rings is 2. The Morgan fingerprint density at radius 2 is 0.590 bits per heavy atom. The molecule has 0 aliphatic rings. The average molecular weight is 1310 g/mol. The number of para-hydroxylation sites is 3. The molecule has 0 radical (unpaired) electrons. The minimum atomic E-state index is 0.599. The third kappa shape index (κ3) is 9.63. The second-order valence-electron chi connectivity index (χ2n) is 25.3. The van der Waals surface area contributed by atoms with Gasteiger partial charge in [-0.05, 0) is 107 Å². The van der Waals surface area contributed by atoms with Crippen LogP contribution in [-0.2, 0) is 0 Å². The summed E-state index contributed by atoms with van der Waals surface area (Å²) in [6.07, 6.45) is 0. The maximum absolute atomic E-state index is 5.35. The molecule has 20 rings (SSSR count). The first kappa shape index (κ1) is 57.4. The zero-order valence-electron chi connectivity index (χ0n) is 53.6. The zero-order chi connectivity index (χ0) is 65.8. The van der Waals surface area contributed by atoms with Crippen LogP contribution in [0.2, 0.25) is 0 Å². The minimum Gasteiger partial charge on any atom is -0.309 e. The summed E-state index contributed by atoms with van der Waals surface area (Å²) < 4.78 is 9.97. The summed E-state index contributed by atoms with van der Waals surface area (Å²) in [6.45, 7) is 0. The van der Waals surface area contributed by atoms with E-state index in [9.17, 15) is 0 Å². The molecular weight excluding hydrogens is 1260 g/mol. The van der Waals surface area contributed by atoms with Crippen molar-refractivity contribution in [2.75, 3.05) is 0 Å². The lowest BCUT2D eigenvalue weighted by molar-refractivity contribution is 1.07. The molecule has 20 aromatic rings. The fourth-order valence-corrected chi connectivity index (χ4v) is 17.3. The van der Waals surface area contributed by atoms with Gasteiger partial charge in [0.2, 0.25) is 0 Å². The number of hydrogen-bond donors (Lipinski definition) is 0. The number of rotatable bonds is 11. The highest BCUT2D eigenvalue weighted by Gasteiger charge is 2.23. The van der Waals surface area contributed by atoms with Crippen LogP contribution in [0.3, 0.4) is 0 Å². The first-order valence-electron chi connectivity index (χ1n) is 33.5. The van der Waals surface area contributed by atoms with E-state index >= 15 is 0 Å². The molecule has 0 aliphatic heterocycles. The Bertz CT molecular complexity index is 6610. The smallest absolute Gasteiger partial charge is 0.164 e. The van der Waals surface area contributed by atoms with Gasteiger partial charge >= 0.3 is 0 Å². The molecule has 0 atom stereocenters. The van der Waals surface area contributed by atoms with E-state index in [1.807, 2.05) is 102 Å². The van der Waals surface area contributed by atoms with Gasteiger partial charge in [-0.2, -0.15) is 0 Å². The topological polar surface area (TPSA) is 87.2 Å². The van der Waals surface area contributed by atoms with Crippen molar-refractivity contribution in [1.82, 2.24) is 39.0 Å². The quantitative estimate of drug-likeness (QED) is 0.128. The summed E-state index contributed by atoms with van der Waals surface area (Å²) in [5.74, 6) is 3.70. The first-order chi connectivity index (χ1) is 49.5. The molecule has 10 heteroatoms. The summed E-state index contributed by atoms with van der Waals surface area (Å²) in [6, 6.07) is 116. The number of hydrogen-bond acceptors (Lipinski definition) is 8. The predicted octanol–water partition coefficient (Wildman–Crippen LogP) is 24.0. The van der Waals surface area contributed by atoms with Crippen molar-refractivity contribution >= 4 is 107 Å². The predicted molar refractivity (Wildman–Crippen MR) is 417 cm³/mol. The molecule has 0 fully saturated rings. The van der Waals surface area contributed by atoms with Crippen molar-refractivity contribution in [3.63, 3.8) is 0 Å². The van der Waals surface area contributed by atoms with E-state index in [2.05, 4.69) is 258 Å². The van der Waals surface area contributed by atoms with Gasteiger partial charge in [0.25, 0.3) is 0 Å². The summed E-state index contributed by atoms with van der Waals surface area (Å²) in [4.78, 5) is 30.9. The molecule has 6 aromatic heterocycles. The third-order valence-electron chi connectivity index (χ3n) is 19.4. The standard InChI is InChI=1S/C90H54N8S2/c1-4-22-55(23-5-1)85-91-86(56-24-6-2-7-25-56)93-88(92-85)63-32-18-28-58(50-63)60-30-21-35-66(53-60)97-75-41-15-11-38-71(75)81-77(97)47-46-70-73-54-61(44-49-80(73)100-84(70)81)59-29-19-33-64(51-59)89-94-87(57-26-8-3-9-27-57)95-90(96-89)65-34-20-31-62(52-65)67-36-10-14-40-74(67)98-76-42-16-12-39-72(76)82-78(98)48-45-69-68-37-13-17-43-79(68)99-83(69)82/h1-54H. The maximum Gasteiger partial charge on any atom is 0.164 e. The maximum atomic E-state index is 5.35. The number of fused-ring (bicyclic) bond motifs is 14. The van der Waals surface area contributed by atoms with Gasteiger partial charge in [-0.25, -0.2) is 29.9 Å². The average Bonchev–Trinajstić information content (AvgIpc) is 1.56. The van der Waals surface area contributed by atoms with Crippen LogP contribution in [0.4, 0.5) is 0 Å². The summed E-state index contributed by atoms with van der Waals surface area (Å²) in [7, 11) is 0. The second kappa shape index (κ2) is 23.5. The van der Waals surface area contributed by atoms with Crippen molar-refractivity contribution in [1.29, 1.82) is 0 Å². The van der Waals surface area contributed by atoms with Crippen molar-refractivity contribution in [2.45, 2.75) is 0 Å². The molecule has 0 unspecified atom stereocenters. The van der Waals surface area contributed by atoms with Gasteiger partial charge in [0.1, 0.15) is 0 Å². The van der Waals surface area contributed by atoms with Crippen molar-refractivity contribution in [3.8, 4) is 113 Å².